The lowest BCUT2D eigenvalue weighted by Crippen LogP contribution is -1.90. The zero-order valence-electron chi connectivity index (χ0n) is 6.36. The van der Waals surface area contributed by atoms with Crippen LogP contribution in [-0.2, 0) is 0 Å². The molecule has 0 aliphatic rings. The van der Waals surface area contributed by atoms with Crippen LogP contribution in [0.2, 0.25) is 0 Å². The highest BCUT2D eigenvalue weighted by Gasteiger charge is 2.02. The van der Waals surface area contributed by atoms with Crippen molar-refractivity contribution in [3.63, 3.8) is 0 Å². The Bertz CT molecular complexity index is 366. The van der Waals surface area contributed by atoms with E-state index in [-0.39, 0.29) is 0 Å². The Morgan fingerprint density at radius 2 is 2.33 bits per heavy atom. The summed E-state index contributed by atoms with van der Waals surface area (Å²) in [6.07, 6.45) is 5.16. The highest BCUT2D eigenvalue weighted by Crippen LogP contribution is 2.20. The number of pyridine rings is 1. The number of hydrogen-bond acceptors (Lipinski definition) is 3. The standard InChI is InChI=1S/C8H8N4/c9-7-2-1-3-10-8(7)6-4-11-12-5-6/h1-5H,9H2,(H,11,12). The van der Waals surface area contributed by atoms with Gasteiger partial charge in [0.05, 0.1) is 17.6 Å². The first-order chi connectivity index (χ1) is 5.88. The van der Waals surface area contributed by atoms with Gasteiger partial charge < -0.3 is 5.73 Å². The third kappa shape index (κ3) is 1.03. The van der Waals surface area contributed by atoms with Crippen LogP contribution >= 0.6 is 0 Å². The molecule has 0 aromatic carbocycles. The van der Waals surface area contributed by atoms with Crippen LogP contribution in [-0.4, -0.2) is 15.2 Å². The van der Waals surface area contributed by atoms with Crippen molar-refractivity contribution in [3.05, 3.63) is 30.7 Å². The van der Waals surface area contributed by atoms with Gasteiger partial charge in [0.1, 0.15) is 0 Å². The maximum Gasteiger partial charge on any atom is 0.0962 e. The molecule has 0 saturated carbocycles. The van der Waals surface area contributed by atoms with Gasteiger partial charge in [0.15, 0.2) is 0 Å². The number of nitrogens with one attached hydrogen (secondary N) is 1. The predicted molar refractivity (Wildman–Crippen MR) is 46.2 cm³/mol. The van der Waals surface area contributed by atoms with E-state index in [1.807, 2.05) is 6.07 Å². The monoisotopic (exact) mass is 160 g/mol. The first kappa shape index (κ1) is 6.84. The van der Waals surface area contributed by atoms with E-state index >= 15 is 0 Å². The van der Waals surface area contributed by atoms with E-state index < -0.39 is 0 Å². The maximum absolute atomic E-state index is 5.71. The summed E-state index contributed by atoms with van der Waals surface area (Å²) in [6, 6.07) is 3.62. The molecule has 4 heteroatoms. The van der Waals surface area contributed by atoms with Crippen molar-refractivity contribution in [2.24, 2.45) is 0 Å². The molecule has 0 spiro atoms. The Hall–Kier alpha value is -1.84. The molecule has 0 aliphatic heterocycles. The third-order valence-electron chi connectivity index (χ3n) is 1.61. The Morgan fingerprint density at radius 3 is 3.00 bits per heavy atom. The molecule has 0 bridgehead atoms. The highest BCUT2D eigenvalue weighted by molar-refractivity contribution is 5.70. The number of anilines is 1. The maximum atomic E-state index is 5.71. The molecule has 2 aromatic rings. The number of nitrogens with zero attached hydrogens (tertiary/aromatic N) is 2. The van der Waals surface area contributed by atoms with Gasteiger partial charge in [0, 0.05) is 18.0 Å². The molecule has 0 radical (unpaired) electrons. The average Bonchev–Trinajstić information content (AvgIpc) is 2.57. The van der Waals surface area contributed by atoms with Crippen molar-refractivity contribution >= 4 is 5.69 Å². The van der Waals surface area contributed by atoms with Crippen LogP contribution in [0.15, 0.2) is 30.7 Å². The van der Waals surface area contributed by atoms with E-state index in [1.165, 1.54) is 0 Å². The molecular formula is C8H8N4. The SMILES string of the molecule is Nc1cccnc1-c1cn[nH]c1. The first-order valence-electron chi connectivity index (χ1n) is 3.57. The Balaban J connectivity index is 2.55. The van der Waals surface area contributed by atoms with Gasteiger partial charge in [0.2, 0.25) is 0 Å². The lowest BCUT2D eigenvalue weighted by atomic mass is 10.2. The van der Waals surface area contributed by atoms with Gasteiger partial charge in [-0.1, -0.05) is 0 Å². The minimum absolute atomic E-state index is 0.666. The number of H-pyrrole nitrogens is 1. The van der Waals surface area contributed by atoms with E-state index in [0.29, 0.717) is 5.69 Å². The molecule has 0 unspecified atom stereocenters. The Labute approximate surface area is 69.4 Å². The summed E-state index contributed by atoms with van der Waals surface area (Å²) < 4.78 is 0. The highest BCUT2D eigenvalue weighted by atomic mass is 15.1. The normalized spacial score (nSPS) is 10.0. The lowest BCUT2D eigenvalue weighted by molar-refractivity contribution is 1.09. The predicted octanol–water partition coefficient (Wildman–Crippen LogP) is 1.05. The van der Waals surface area contributed by atoms with Crippen LogP contribution in [0.3, 0.4) is 0 Å². The average molecular weight is 160 g/mol. The fourth-order valence-corrected chi connectivity index (χ4v) is 1.04. The number of nitrogens with two attached hydrogens (primary N) is 1. The minimum Gasteiger partial charge on any atom is -0.397 e. The number of rotatable bonds is 1. The molecule has 3 N–H and O–H groups in total. The summed E-state index contributed by atoms with van der Waals surface area (Å²) in [6.45, 7) is 0. The van der Waals surface area contributed by atoms with E-state index in [0.717, 1.165) is 11.3 Å². The van der Waals surface area contributed by atoms with Crippen molar-refractivity contribution in [2.75, 3.05) is 5.73 Å². The molecule has 12 heavy (non-hydrogen) atoms. The summed E-state index contributed by atoms with van der Waals surface area (Å²) in [7, 11) is 0. The second-order valence-corrected chi connectivity index (χ2v) is 2.43. The third-order valence-corrected chi connectivity index (χ3v) is 1.61. The van der Waals surface area contributed by atoms with Gasteiger partial charge in [-0.3, -0.25) is 10.1 Å². The van der Waals surface area contributed by atoms with Gasteiger partial charge in [-0.05, 0) is 12.1 Å². The van der Waals surface area contributed by atoms with E-state index in [2.05, 4.69) is 15.2 Å². The fourth-order valence-electron chi connectivity index (χ4n) is 1.04. The van der Waals surface area contributed by atoms with Crippen LogP contribution in [0.5, 0.6) is 0 Å². The topological polar surface area (TPSA) is 67.6 Å². The van der Waals surface area contributed by atoms with Crippen LogP contribution < -0.4 is 5.73 Å². The summed E-state index contributed by atoms with van der Waals surface area (Å²) in [5.74, 6) is 0. The molecular weight excluding hydrogens is 152 g/mol. The number of aromatic amines is 1. The molecule has 0 fully saturated rings. The van der Waals surface area contributed by atoms with Gasteiger partial charge in [-0.25, -0.2) is 0 Å². The van der Waals surface area contributed by atoms with Crippen molar-refractivity contribution < 1.29 is 0 Å². The Morgan fingerprint density at radius 1 is 1.42 bits per heavy atom. The van der Waals surface area contributed by atoms with E-state index in [9.17, 15) is 0 Å². The molecule has 60 valence electrons. The van der Waals surface area contributed by atoms with Gasteiger partial charge in [-0.15, -0.1) is 0 Å². The van der Waals surface area contributed by atoms with Crippen molar-refractivity contribution in [2.45, 2.75) is 0 Å². The lowest BCUT2D eigenvalue weighted by Gasteiger charge is -1.98. The van der Waals surface area contributed by atoms with Crippen molar-refractivity contribution in [3.8, 4) is 11.3 Å². The fraction of sp³-hybridized carbons (Fsp3) is 0. The van der Waals surface area contributed by atoms with Crippen LogP contribution in [0.4, 0.5) is 5.69 Å². The molecule has 2 rings (SSSR count). The van der Waals surface area contributed by atoms with Gasteiger partial charge >= 0.3 is 0 Å². The van der Waals surface area contributed by atoms with Crippen molar-refractivity contribution in [1.82, 2.24) is 15.2 Å². The number of nitrogen functional groups attached to an aromatic ring is 1. The molecule has 0 aliphatic carbocycles. The molecule has 0 amide bonds. The molecule has 0 saturated heterocycles. The van der Waals surface area contributed by atoms with Gasteiger partial charge in [0.25, 0.3) is 0 Å². The smallest absolute Gasteiger partial charge is 0.0962 e. The van der Waals surface area contributed by atoms with Crippen molar-refractivity contribution in [1.29, 1.82) is 0 Å². The summed E-state index contributed by atoms with van der Waals surface area (Å²) >= 11 is 0. The zero-order chi connectivity index (χ0) is 8.39. The van der Waals surface area contributed by atoms with E-state index in [4.69, 9.17) is 5.73 Å². The Kier molecular flexibility index (Phi) is 1.51. The first-order valence-corrected chi connectivity index (χ1v) is 3.57. The van der Waals surface area contributed by atoms with Crippen LogP contribution in [0.1, 0.15) is 0 Å². The minimum atomic E-state index is 0.666. The molecule has 2 heterocycles. The second-order valence-electron chi connectivity index (χ2n) is 2.43. The second kappa shape index (κ2) is 2.65. The van der Waals surface area contributed by atoms with Crippen LogP contribution in [0, 0.1) is 0 Å². The molecule has 4 nitrogen and oxygen atoms in total. The number of aromatic nitrogens is 3. The molecule has 2 aromatic heterocycles. The van der Waals surface area contributed by atoms with Crippen LogP contribution in [0.25, 0.3) is 11.3 Å². The van der Waals surface area contributed by atoms with E-state index in [1.54, 1.807) is 24.7 Å². The number of hydrogen-bond donors (Lipinski definition) is 2. The summed E-state index contributed by atoms with van der Waals surface area (Å²) in [5.41, 5.74) is 8.05. The zero-order valence-corrected chi connectivity index (χ0v) is 6.36. The van der Waals surface area contributed by atoms with Gasteiger partial charge in [-0.2, -0.15) is 5.10 Å². The summed E-state index contributed by atoms with van der Waals surface area (Å²) in [4.78, 5) is 4.14. The quantitative estimate of drug-likeness (QED) is 0.655. The summed E-state index contributed by atoms with van der Waals surface area (Å²) in [5, 5.41) is 6.53. The molecule has 0 atom stereocenters. The largest absolute Gasteiger partial charge is 0.397 e.